The Labute approximate surface area is 156 Å². The summed E-state index contributed by atoms with van der Waals surface area (Å²) in [5.41, 5.74) is 2.00. The summed E-state index contributed by atoms with van der Waals surface area (Å²) in [7, 11) is 3.44. The lowest BCUT2D eigenvalue weighted by Gasteiger charge is -2.17. The molecule has 0 bridgehead atoms. The first-order chi connectivity index (χ1) is 12.7. The van der Waals surface area contributed by atoms with E-state index in [2.05, 4.69) is 10.2 Å². The van der Waals surface area contributed by atoms with E-state index in [0.717, 1.165) is 17.0 Å². The van der Waals surface area contributed by atoms with Crippen LogP contribution in [0.2, 0.25) is 0 Å². The maximum absolute atomic E-state index is 12.4. The third-order valence-electron chi connectivity index (χ3n) is 3.86. The van der Waals surface area contributed by atoms with Gasteiger partial charge >= 0.3 is 0 Å². The van der Waals surface area contributed by atoms with E-state index in [1.807, 2.05) is 66.2 Å². The maximum Gasteiger partial charge on any atom is 0.233 e. The van der Waals surface area contributed by atoms with Crippen molar-refractivity contribution in [3.05, 3.63) is 66.5 Å². The van der Waals surface area contributed by atoms with Crippen molar-refractivity contribution in [2.24, 2.45) is 0 Å². The van der Waals surface area contributed by atoms with Crippen molar-refractivity contribution in [3.8, 4) is 11.4 Å². The topological polar surface area (TPSA) is 60.2 Å². The number of aromatic nitrogens is 3. The van der Waals surface area contributed by atoms with E-state index in [0.29, 0.717) is 17.5 Å². The Bertz CT molecular complexity index is 867. The highest BCUT2D eigenvalue weighted by Gasteiger charge is 2.14. The van der Waals surface area contributed by atoms with Crippen molar-refractivity contribution in [2.75, 3.05) is 19.9 Å². The molecule has 1 aromatic heterocycles. The molecule has 0 spiro atoms. The van der Waals surface area contributed by atoms with Crippen LogP contribution < -0.4 is 4.74 Å². The molecule has 0 aliphatic heterocycles. The Morgan fingerprint density at radius 1 is 1.19 bits per heavy atom. The Kier molecular flexibility index (Phi) is 5.91. The van der Waals surface area contributed by atoms with Crippen LogP contribution in [0, 0.1) is 0 Å². The molecule has 1 amide bonds. The van der Waals surface area contributed by atoms with E-state index in [-0.39, 0.29) is 5.91 Å². The van der Waals surface area contributed by atoms with Gasteiger partial charge in [-0.3, -0.25) is 9.36 Å². The molecule has 2 aromatic carbocycles. The van der Waals surface area contributed by atoms with Gasteiger partial charge in [-0.1, -0.05) is 48.2 Å². The third kappa shape index (κ3) is 4.43. The van der Waals surface area contributed by atoms with Crippen LogP contribution in [-0.2, 0) is 11.3 Å². The summed E-state index contributed by atoms with van der Waals surface area (Å²) in [6.07, 6.45) is 1.63. The second-order valence-electron chi connectivity index (χ2n) is 5.71. The number of hydrogen-bond donors (Lipinski definition) is 0. The van der Waals surface area contributed by atoms with Crippen LogP contribution in [0.3, 0.4) is 0 Å². The van der Waals surface area contributed by atoms with Gasteiger partial charge in [0.1, 0.15) is 12.1 Å². The summed E-state index contributed by atoms with van der Waals surface area (Å²) >= 11 is 1.37. The SMILES string of the molecule is COc1cccc(-n2cnnc2SCC(=O)N(C)Cc2ccccc2)c1. The smallest absolute Gasteiger partial charge is 0.233 e. The second-order valence-corrected chi connectivity index (χ2v) is 6.65. The minimum atomic E-state index is 0.0408. The molecule has 0 N–H and O–H groups in total. The van der Waals surface area contributed by atoms with Gasteiger partial charge in [0.25, 0.3) is 0 Å². The van der Waals surface area contributed by atoms with E-state index >= 15 is 0 Å². The first kappa shape index (κ1) is 18.0. The van der Waals surface area contributed by atoms with E-state index in [1.165, 1.54) is 11.8 Å². The Morgan fingerprint density at radius 3 is 2.77 bits per heavy atom. The van der Waals surface area contributed by atoms with Crippen molar-refractivity contribution in [1.29, 1.82) is 0 Å². The van der Waals surface area contributed by atoms with Gasteiger partial charge in [-0.25, -0.2) is 0 Å². The van der Waals surface area contributed by atoms with Crippen LogP contribution in [0.1, 0.15) is 5.56 Å². The molecule has 3 rings (SSSR count). The highest BCUT2D eigenvalue weighted by molar-refractivity contribution is 7.99. The Hall–Kier alpha value is -2.80. The molecule has 1 heterocycles. The molecule has 0 saturated carbocycles. The summed E-state index contributed by atoms with van der Waals surface area (Å²) in [5, 5.41) is 8.77. The predicted molar refractivity (Wildman–Crippen MR) is 102 cm³/mol. The number of rotatable bonds is 7. The molecular formula is C19H20N4O2S. The number of amides is 1. The number of thioether (sulfide) groups is 1. The monoisotopic (exact) mass is 368 g/mol. The quantitative estimate of drug-likeness (QED) is 0.600. The number of ether oxygens (including phenoxy) is 1. The Balaban J connectivity index is 1.63. The van der Waals surface area contributed by atoms with Crippen molar-refractivity contribution < 1.29 is 9.53 Å². The molecular weight excluding hydrogens is 348 g/mol. The average Bonchev–Trinajstić information content (AvgIpc) is 3.15. The fourth-order valence-corrected chi connectivity index (χ4v) is 3.31. The van der Waals surface area contributed by atoms with Gasteiger partial charge in [-0.15, -0.1) is 10.2 Å². The second kappa shape index (κ2) is 8.53. The lowest BCUT2D eigenvalue weighted by atomic mass is 10.2. The van der Waals surface area contributed by atoms with Gasteiger partial charge in [-0.2, -0.15) is 0 Å². The molecule has 0 saturated heterocycles. The van der Waals surface area contributed by atoms with Gasteiger partial charge in [0, 0.05) is 19.7 Å². The average molecular weight is 368 g/mol. The molecule has 0 fully saturated rings. The zero-order valence-corrected chi connectivity index (χ0v) is 15.5. The highest BCUT2D eigenvalue weighted by atomic mass is 32.2. The van der Waals surface area contributed by atoms with Crippen LogP contribution in [0.5, 0.6) is 5.75 Å². The zero-order chi connectivity index (χ0) is 18.4. The molecule has 0 aliphatic rings. The molecule has 0 unspecified atom stereocenters. The highest BCUT2D eigenvalue weighted by Crippen LogP contribution is 2.22. The summed E-state index contributed by atoms with van der Waals surface area (Å²) in [6.45, 7) is 0.586. The van der Waals surface area contributed by atoms with E-state index in [9.17, 15) is 4.79 Å². The standard InChI is InChI=1S/C19H20N4O2S/c1-22(12-15-7-4-3-5-8-15)18(24)13-26-19-21-20-14-23(19)16-9-6-10-17(11-16)25-2/h3-11,14H,12-13H2,1-2H3. The first-order valence-corrected chi connectivity index (χ1v) is 9.11. The summed E-state index contributed by atoms with van der Waals surface area (Å²) in [5.74, 6) is 1.09. The fourth-order valence-electron chi connectivity index (χ4n) is 2.44. The number of nitrogens with zero attached hydrogens (tertiary/aromatic N) is 4. The van der Waals surface area contributed by atoms with Crippen LogP contribution in [0.4, 0.5) is 0 Å². The van der Waals surface area contributed by atoms with Gasteiger partial charge in [0.2, 0.25) is 5.91 Å². The summed E-state index contributed by atoms with van der Waals surface area (Å²) in [6, 6.07) is 17.6. The van der Waals surface area contributed by atoms with E-state index < -0.39 is 0 Å². The van der Waals surface area contributed by atoms with Crippen molar-refractivity contribution in [2.45, 2.75) is 11.7 Å². The van der Waals surface area contributed by atoms with Crippen molar-refractivity contribution in [3.63, 3.8) is 0 Å². The molecule has 0 atom stereocenters. The largest absolute Gasteiger partial charge is 0.497 e. The number of carbonyl (C=O) groups is 1. The van der Waals surface area contributed by atoms with E-state index in [1.54, 1.807) is 18.3 Å². The number of benzene rings is 2. The molecule has 7 heteroatoms. The maximum atomic E-state index is 12.4. The predicted octanol–water partition coefficient (Wildman–Crippen LogP) is 3.03. The summed E-state index contributed by atoms with van der Waals surface area (Å²) < 4.78 is 7.10. The normalized spacial score (nSPS) is 10.5. The zero-order valence-electron chi connectivity index (χ0n) is 14.7. The van der Waals surface area contributed by atoms with E-state index in [4.69, 9.17) is 4.74 Å². The molecule has 0 radical (unpaired) electrons. The molecule has 26 heavy (non-hydrogen) atoms. The minimum absolute atomic E-state index is 0.0408. The van der Waals surface area contributed by atoms with Crippen LogP contribution in [0.15, 0.2) is 66.1 Å². The van der Waals surface area contributed by atoms with Gasteiger partial charge in [0.15, 0.2) is 5.16 Å². The lowest BCUT2D eigenvalue weighted by Crippen LogP contribution is -2.27. The fraction of sp³-hybridized carbons (Fsp3) is 0.211. The third-order valence-corrected chi connectivity index (χ3v) is 4.79. The molecule has 134 valence electrons. The van der Waals surface area contributed by atoms with Crippen LogP contribution in [-0.4, -0.2) is 45.5 Å². The van der Waals surface area contributed by atoms with Crippen LogP contribution >= 0.6 is 11.8 Å². The number of carbonyl (C=O) groups excluding carboxylic acids is 1. The van der Waals surface area contributed by atoms with Crippen LogP contribution in [0.25, 0.3) is 5.69 Å². The molecule has 3 aromatic rings. The molecule has 0 aliphatic carbocycles. The van der Waals surface area contributed by atoms with Crippen molar-refractivity contribution in [1.82, 2.24) is 19.7 Å². The summed E-state index contributed by atoms with van der Waals surface area (Å²) in [4.78, 5) is 14.1. The lowest BCUT2D eigenvalue weighted by molar-refractivity contribution is -0.127. The number of hydrogen-bond acceptors (Lipinski definition) is 5. The van der Waals surface area contributed by atoms with Gasteiger partial charge in [0.05, 0.1) is 18.6 Å². The minimum Gasteiger partial charge on any atom is -0.497 e. The first-order valence-electron chi connectivity index (χ1n) is 8.12. The van der Waals surface area contributed by atoms with Crippen molar-refractivity contribution >= 4 is 17.7 Å². The van der Waals surface area contributed by atoms with Gasteiger partial charge < -0.3 is 9.64 Å². The number of methoxy groups -OCH3 is 1. The molecule has 6 nitrogen and oxygen atoms in total. The van der Waals surface area contributed by atoms with Gasteiger partial charge in [-0.05, 0) is 17.7 Å². The Morgan fingerprint density at radius 2 is 2.00 bits per heavy atom.